The molecule has 0 fully saturated rings. The monoisotopic (exact) mass is 250 g/mol. The molecule has 0 radical (unpaired) electrons. The van der Waals surface area contributed by atoms with Crippen LogP contribution in [0, 0.1) is 12.3 Å². The van der Waals surface area contributed by atoms with Crippen LogP contribution in [0.15, 0.2) is 18.2 Å². The maximum absolute atomic E-state index is 5.61. The predicted molar refractivity (Wildman–Crippen MR) is 76.9 cm³/mol. The second-order valence-electron chi connectivity index (χ2n) is 5.61. The van der Waals surface area contributed by atoms with E-state index < -0.39 is 0 Å². The maximum atomic E-state index is 5.61. The summed E-state index contributed by atoms with van der Waals surface area (Å²) in [6, 6.07) is 6.30. The van der Waals surface area contributed by atoms with Crippen LogP contribution in [0.5, 0.6) is 5.75 Å². The molecule has 3 N–H and O–H groups in total. The Hall–Kier alpha value is -1.06. The molecule has 0 bridgehead atoms. The molecule has 1 aromatic carbocycles. The lowest BCUT2D eigenvalue weighted by molar-refractivity contribution is 0.319. The van der Waals surface area contributed by atoms with E-state index in [-0.39, 0.29) is 5.41 Å². The fourth-order valence-electron chi connectivity index (χ4n) is 2.07. The average molecular weight is 250 g/mol. The summed E-state index contributed by atoms with van der Waals surface area (Å²) in [4.78, 5) is 0. The number of benzene rings is 1. The van der Waals surface area contributed by atoms with Crippen molar-refractivity contribution in [2.24, 2.45) is 11.1 Å². The number of nitrogens with one attached hydrogen (secondary N) is 1. The summed E-state index contributed by atoms with van der Waals surface area (Å²) in [5, 5.41) is 3.50. The van der Waals surface area contributed by atoms with Gasteiger partial charge in [0.1, 0.15) is 5.75 Å². The van der Waals surface area contributed by atoms with E-state index in [0.29, 0.717) is 0 Å². The number of aryl methyl sites for hydroxylation is 1. The second-order valence-corrected chi connectivity index (χ2v) is 5.61. The van der Waals surface area contributed by atoms with Crippen LogP contribution in [0.25, 0.3) is 0 Å². The Labute approximate surface area is 111 Å². The Morgan fingerprint density at radius 2 is 2.06 bits per heavy atom. The molecule has 0 spiro atoms. The number of methoxy groups -OCH3 is 1. The molecule has 18 heavy (non-hydrogen) atoms. The van der Waals surface area contributed by atoms with E-state index in [2.05, 4.69) is 38.2 Å². The Bertz CT molecular complexity index is 375. The molecule has 3 heteroatoms. The molecule has 0 atom stereocenters. The highest BCUT2D eigenvalue weighted by Gasteiger charge is 2.15. The summed E-state index contributed by atoms with van der Waals surface area (Å²) in [5.74, 6) is 0.946. The van der Waals surface area contributed by atoms with Crippen molar-refractivity contribution in [1.82, 2.24) is 5.32 Å². The van der Waals surface area contributed by atoms with Gasteiger partial charge in [0.2, 0.25) is 0 Å². The van der Waals surface area contributed by atoms with Crippen molar-refractivity contribution in [3.05, 3.63) is 29.3 Å². The van der Waals surface area contributed by atoms with Gasteiger partial charge >= 0.3 is 0 Å². The standard InChI is InChI=1S/C15H26N2O/c1-12-9-13(5-6-14(12)18-4)10-17-11-15(2,3)7-8-16/h5-6,9,17H,7-8,10-11,16H2,1-4H3. The Morgan fingerprint density at radius 1 is 1.33 bits per heavy atom. The molecule has 0 aliphatic rings. The third-order valence-corrected chi connectivity index (χ3v) is 3.21. The normalized spacial score (nSPS) is 11.6. The van der Waals surface area contributed by atoms with Crippen molar-refractivity contribution in [3.8, 4) is 5.75 Å². The smallest absolute Gasteiger partial charge is 0.121 e. The van der Waals surface area contributed by atoms with Crippen molar-refractivity contribution >= 4 is 0 Å². The van der Waals surface area contributed by atoms with Gasteiger partial charge in [0.25, 0.3) is 0 Å². The van der Waals surface area contributed by atoms with Gasteiger partial charge < -0.3 is 15.8 Å². The highest BCUT2D eigenvalue weighted by Crippen LogP contribution is 2.20. The van der Waals surface area contributed by atoms with Crippen LogP contribution in [0.1, 0.15) is 31.4 Å². The molecule has 0 aromatic heterocycles. The fraction of sp³-hybridized carbons (Fsp3) is 0.600. The second kappa shape index (κ2) is 6.76. The van der Waals surface area contributed by atoms with Gasteiger partial charge in [0, 0.05) is 13.1 Å². The van der Waals surface area contributed by atoms with Crippen LogP contribution in [0.4, 0.5) is 0 Å². The third-order valence-electron chi connectivity index (χ3n) is 3.21. The van der Waals surface area contributed by atoms with E-state index in [9.17, 15) is 0 Å². The minimum absolute atomic E-state index is 0.260. The van der Waals surface area contributed by atoms with E-state index in [1.54, 1.807) is 7.11 Å². The molecule has 0 aliphatic heterocycles. The van der Waals surface area contributed by atoms with Crippen LogP contribution in [-0.4, -0.2) is 20.2 Å². The van der Waals surface area contributed by atoms with Crippen LogP contribution in [-0.2, 0) is 6.54 Å². The largest absolute Gasteiger partial charge is 0.496 e. The predicted octanol–water partition coefficient (Wildman–Crippen LogP) is 2.47. The summed E-state index contributed by atoms with van der Waals surface area (Å²) in [5.41, 5.74) is 8.34. The van der Waals surface area contributed by atoms with Crippen molar-refractivity contribution in [2.45, 2.75) is 33.7 Å². The van der Waals surface area contributed by atoms with E-state index in [1.165, 1.54) is 11.1 Å². The van der Waals surface area contributed by atoms with Crippen molar-refractivity contribution in [2.75, 3.05) is 20.2 Å². The molecule has 102 valence electrons. The summed E-state index contributed by atoms with van der Waals surface area (Å²) in [6.07, 6.45) is 1.04. The van der Waals surface area contributed by atoms with Crippen LogP contribution in [0.3, 0.4) is 0 Å². The molecular weight excluding hydrogens is 224 g/mol. The minimum Gasteiger partial charge on any atom is -0.496 e. The van der Waals surface area contributed by atoms with Gasteiger partial charge in [-0.3, -0.25) is 0 Å². The lowest BCUT2D eigenvalue weighted by Crippen LogP contribution is -2.31. The van der Waals surface area contributed by atoms with E-state index in [0.717, 1.165) is 31.8 Å². The number of hydrogen-bond donors (Lipinski definition) is 2. The van der Waals surface area contributed by atoms with E-state index in [4.69, 9.17) is 10.5 Å². The SMILES string of the molecule is COc1ccc(CNCC(C)(C)CCN)cc1C. The van der Waals surface area contributed by atoms with Crippen LogP contribution >= 0.6 is 0 Å². The Kier molecular flexibility index (Phi) is 5.63. The first kappa shape index (κ1) is 15.0. The van der Waals surface area contributed by atoms with Gasteiger partial charge in [-0.2, -0.15) is 0 Å². The number of nitrogens with two attached hydrogens (primary N) is 1. The summed E-state index contributed by atoms with van der Waals surface area (Å²) in [6.45, 7) is 9.17. The Balaban J connectivity index is 2.47. The molecule has 0 aliphatic carbocycles. The number of ether oxygens (including phenoxy) is 1. The fourth-order valence-corrected chi connectivity index (χ4v) is 2.07. The molecule has 3 nitrogen and oxygen atoms in total. The lowest BCUT2D eigenvalue weighted by Gasteiger charge is -2.24. The van der Waals surface area contributed by atoms with Crippen molar-refractivity contribution < 1.29 is 4.74 Å². The number of hydrogen-bond acceptors (Lipinski definition) is 3. The highest BCUT2D eigenvalue weighted by molar-refractivity contribution is 5.36. The molecule has 0 saturated heterocycles. The number of rotatable bonds is 7. The van der Waals surface area contributed by atoms with Crippen molar-refractivity contribution in [3.63, 3.8) is 0 Å². The molecule has 0 heterocycles. The summed E-state index contributed by atoms with van der Waals surface area (Å²) >= 11 is 0. The molecule has 0 amide bonds. The Morgan fingerprint density at radius 3 is 2.61 bits per heavy atom. The molecule has 1 aromatic rings. The van der Waals surface area contributed by atoms with E-state index >= 15 is 0 Å². The first-order valence-electron chi connectivity index (χ1n) is 6.53. The van der Waals surface area contributed by atoms with Gasteiger partial charge in [-0.15, -0.1) is 0 Å². The van der Waals surface area contributed by atoms with Gasteiger partial charge in [-0.1, -0.05) is 26.0 Å². The molecular formula is C15H26N2O. The molecule has 0 saturated carbocycles. The summed E-state index contributed by atoms with van der Waals surface area (Å²) < 4.78 is 5.26. The quantitative estimate of drug-likeness (QED) is 0.781. The average Bonchev–Trinajstić information content (AvgIpc) is 2.29. The van der Waals surface area contributed by atoms with Gasteiger partial charge in [-0.05, 0) is 42.5 Å². The zero-order valence-electron chi connectivity index (χ0n) is 12.0. The zero-order valence-corrected chi connectivity index (χ0v) is 12.0. The zero-order chi connectivity index (χ0) is 13.6. The van der Waals surface area contributed by atoms with Gasteiger partial charge in [0.05, 0.1) is 7.11 Å². The first-order chi connectivity index (χ1) is 8.48. The van der Waals surface area contributed by atoms with E-state index in [1.807, 2.05) is 6.07 Å². The van der Waals surface area contributed by atoms with Crippen LogP contribution in [0.2, 0.25) is 0 Å². The highest BCUT2D eigenvalue weighted by atomic mass is 16.5. The maximum Gasteiger partial charge on any atom is 0.121 e. The summed E-state index contributed by atoms with van der Waals surface area (Å²) in [7, 11) is 1.70. The lowest BCUT2D eigenvalue weighted by atomic mass is 9.89. The van der Waals surface area contributed by atoms with Crippen LogP contribution < -0.4 is 15.8 Å². The third kappa shape index (κ3) is 4.67. The topological polar surface area (TPSA) is 47.3 Å². The van der Waals surface area contributed by atoms with Gasteiger partial charge in [-0.25, -0.2) is 0 Å². The minimum atomic E-state index is 0.260. The van der Waals surface area contributed by atoms with Crippen molar-refractivity contribution in [1.29, 1.82) is 0 Å². The molecule has 0 unspecified atom stereocenters. The molecule has 1 rings (SSSR count). The van der Waals surface area contributed by atoms with Gasteiger partial charge in [0.15, 0.2) is 0 Å². The first-order valence-corrected chi connectivity index (χ1v) is 6.53.